The summed E-state index contributed by atoms with van der Waals surface area (Å²) in [4.78, 5) is 2.27. The third-order valence-corrected chi connectivity index (χ3v) is 3.60. The van der Waals surface area contributed by atoms with E-state index in [1.165, 1.54) is 6.07 Å². The van der Waals surface area contributed by atoms with Crippen molar-refractivity contribution in [3.05, 3.63) is 29.6 Å². The number of nitrogens with two attached hydrogens (primary N) is 1. The topological polar surface area (TPSA) is 38.5 Å². The average Bonchev–Trinajstić information content (AvgIpc) is 2.39. The number of hydrogen-bond acceptors (Lipinski definition) is 3. The molecule has 1 aromatic carbocycles. The highest BCUT2D eigenvalue weighted by Crippen LogP contribution is 2.29. The molecule has 0 amide bonds. The number of ether oxygens (including phenoxy) is 1. The molecular weight excluding hydrogens is 231 g/mol. The second-order valence-corrected chi connectivity index (χ2v) is 4.91. The van der Waals surface area contributed by atoms with Gasteiger partial charge in [0, 0.05) is 31.9 Å². The summed E-state index contributed by atoms with van der Waals surface area (Å²) in [5.41, 5.74) is 7.86. The number of hydrogen-bond donors (Lipinski definition) is 1. The van der Waals surface area contributed by atoms with Crippen LogP contribution in [-0.4, -0.2) is 26.3 Å². The zero-order valence-electron chi connectivity index (χ0n) is 11.0. The quantitative estimate of drug-likeness (QED) is 0.898. The zero-order valence-corrected chi connectivity index (χ0v) is 11.0. The first-order chi connectivity index (χ1) is 8.61. The Labute approximate surface area is 108 Å². The van der Waals surface area contributed by atoms with Crippen LogP contribution in [0.2, 0.25) is 0 Å². The molecule has 0 unspecified atom stereocenters. The molecule has 18 heavy (non-hydrogen) atoms. The Hall–Kier alpha value is -1.13. The van der Waals surface area contributed by atoms with E-state index in [0.29, 0.717) is 6.10 Å². The fourth-order valence-corrected chi connectivity index (χ4v) is 2.51. The molecule has 100 valence electrons. The maximum atomic E-state index is 13.3. The lowest BCUT2D eigenvalue weighted by atomic mass is 10.0. The highest BCUT2D eigenvalue weighted by atomic mass is 19.1. The molecule has 1 aromatic rings. The SMILES string of the molecule is COC1CCN(c2ccc(F)cc2[C@H](C)N)CC1. The lowest BCUT2D eigenvalue weighted by Crippen LogP contribution is -2.37. The second kappa shape index (κ2) is 5.67. The molecule has 0 radical (unpaired) electrons. The van der Waals surface area contributed by atoms with E-state index in [1.54, 1.807) is 13.2 Å². The monoisotopic (exact) mass is 252 g/mol. The molecule has 4 heteroatoms. The van der Waals surface area contributed by atoms with Crippen molar-refractivity contribution in [1.29, 1.82) is 0 Å². The van der Waals surface area contributed by atoms with Crippen molar-refractivity contribution in [2.24, 2.45) is 5.73 Å². The van der Waals surface area contributed by atoms with Gasteiger partial charge in [0.25, 0.3) is 0 Å². The van der Waals surface area contributed by atoms with Crippen molar-refractivity contribution in [2.75, 3.05) is 25.1 Å². The molecule has 2 N–H and O–H groups in total. The predicted molar refractivity (Wildman–Crippen MR) is 71.2 cm³/mol. The minimum Gasteiger partial charge on any atom is -0.381 e. The van der Waals surface area contributed by atoms with Gasteiger partial charge in [-0.05, 0) is 43.5 Å². The van der Waals surface area contributed by atoms with Gasteiger partial charge in [0.2, 0.25) is 0 Å². The smallest absolute Gasteiger partial charge is 0.123 e. The fourth-order valence-electron chi connectivity index (χ4n) is 2.51. The molecule has 0 aromatic heterocycles. The molecule has 1 atom stereocenters. The van der Waals surface area contributed by atoms with Crippen molar-refractivity contribution < 1.29 is 9.13 Å². The molecule has 2 rings (SSSR count). The van der Waals surface area contributed by atoms with Gasteiger partial charge in [-0.15, -0.1) is 0 Å². The van der Waals surface area contributed by atoms with E-state index < -0.39 is 0 Å². The first-order valence-corrected chi connectivity index (χ1v) is 6.44. The Bertz CT molecular complexity index is 401. The molecule has 0 aliphatic carbocycles. The Morgan fingerprint density at radius 3 is 2.61 bits per heavy atom. The van der Waals surface area contributed by atoms with Gasteiger partial charge in [-0.3, -0.25) is 0 Å². The molecule has 3 nitrogen and oxygen atoms in total. The van der Waals surface area contributed by atoms with E-state index in [9.17, 15) is 4.39 Å². The van der Waals surface area contributed by atoms with Gasteiger partial charge in [-0.25, -0.2) is 4.39 Å². The van der Waals surface area contributed by atoms with E-state index in [-0.39, 0.29) is 11.9 Å². The van der Waals surface area contributed by atoms with Crippen LogP contribution in [0.3, 0.4) is 0 Å². The van der Waals surface area contributed by atoms with Crippen LogP contribution in [0.4, 0.5) is 10.1 Å². The van der Waals surface area contributed by atoms with Gasteiger partial charge in [0.15, 0.2) is 0 Å². The molecule has 1 fully saturated rings. The van der Waals surface area contributed by atoms with Crippen molar-refractivity contribution >= 4 is 5.69 Å². The average molecular weight is 252 g/mol. The summed E-state index contributed by atoms with van der Waals surface area (Å²) in [6.07, 6.45) is 2.36. The lowest BCUT2D eigenvalue weighted by molar-refractivity contribution is 0.0819. The van der Waals surface area contributed by atoms with Crippen LogP contribution in [0.15, 0.2) is 18.2 Å². The van der Waals surface area contributed by atoms with E-state index in [1.807, 2.05) is 13.0 Å². The number of benzene rings is 1. The van der Waals surface area contributed by atoms with Crippen LogP contribution in [0.5, 0.6) is 0 Å². The highest BCUT2D eigenvalue weighted by molar-refractivity contribution is 5.55. The highest BCUT2D eigenvalue weighted by Gasteiger charge is 2.21. The van der Waals surface area contributed by atoms with Crippen LogP contribution >= 0.6 is 0 Å². The molecule has 1 aliphatic rings. The Kier molecular flexibility index (Phi) is 4.19. The van der Waals surface area contributed by atoms with E-state index in [4.69, 9.17) is 10.5 Å². The van der Waals surface area contributed by atoms with Crippen molar-refractivity contribution in [1.82, 2.24) is 0 Å². The number of piperidine rings is 1. The Morgan fingerprint density at radius 1 is 1.39 bits per heavy atom. The number of rotatable bonds is 3. The molecular formula is C14H21FN2O. The minimum absolute atomic E-state index is 0.157. The van der Waals surface area contributed by atoms with Gasteiger partial charge < -0.3 is 15.4 Å². The molecule has 0 bridgehead atoms. The molecule has 1 aliphatic heterocycles. The normalized spacial score (nSPS) is 19.0. The van der Waals surface area contributed by atoms with Crippen LogP contribution in [-0.2, 0) is 4.74 Å². The Balaban J connectivity index is 2.18. The largest absolute Gasteiger partial charge is 0.381 e. The van der Waals surface area contributed by atoms with E-state index in [0.717, 1.165) is 37.2 Å². The summed E-state index contributed by atoms with van der Waals surface area (Å²) in [5, 5.41) is 0. The van der Waals surface area contributed by atoms with Gasteiger partial charge in [-0.1, -0.05) is 0 Å². The number of anilines is 1. The maximum Gasteiger partial charge on any atom is 0.123 e. The van der Waals surface area contributed by atoms with Crippen molar-refractivity contribution in [3.8, 4) is 0 Å². The lowest BCUT2D eigenvalue weighted by Gasteiger charge is -2.34. The third kappa shape index (κ3) is 2.82. The summed E-state index contributed by atoms with van der Waals surface area (Å²) in [6.45, 7) is 3.76. The Morgan fingerprint density at radius 2 is 2.06 bits per heavy atom. The zero-order chi connectivity index (χ0) is 13.1. The predicted octanol–water partition coefficient (Wildman–Crippen LogP) is 2.46. The summed E-state index contributed by atoms with van der Waals surface area (Å²) in [6, 6.07) is 4.73. The van der Waals surface area contributed by atoms with Crippen molar-refractivity contribution in [2.45, 2.75) is 31.9 Å². The number of methoxy groups -OCH3 is 1. The van der Waals surface area contributed by atoms with Gasteiger partial charge in [0.1, 0.15) is 5.82 Å². The second-order valence-electron chi connectivity index (χ2n) is 4.91. The van der Waals surface area contributed by atoms with Crippen LogP contribution in [0.25, 0.3) is 0 Å². The van der Waals surface area contributed by atoms with Crippen LogP contribution < -0.4 is 10.6 Å². The summed E-state index contributed by atoms with van der Waals surface area (Å²) < 4.78 is 18.7. The summed E-state index contributed by atoms with van der Waals surface area (Å²) in [7, 11) is 1.76. The standard InChI is InChI=1S/C14H21FN2O/c1-10(16)13-9-11(15)3-4-14(13)17-7-5-12(18-2)6-8-17/h3-4,9-10,12H,5-8,16H2,1-2H3/t10-/m0/s1. The molecule has 0 saturated carbocycles. The summed E-state index contributed by atoms with van der Waals surface area (Å²) >= 11 is 0. The fraction of sp³-hybridized carbons (Fsp3) is 0.571. The number of nitrogens with zero attached hydrogens (tertiary/aromatic N) is 1. The first kappa shape index (κ1) is 13.3. The minimum atomic E-state index is -0.224. The van der Waals surface area contributed by atoms with Crippen molar-refractivity contribution in [3.63, 3.8) is 0 Å². The van der Waals surface area contributed by atoms with E-state index in [2.05, 4.69) is 4.90 Å². The third-order valence-electron chi connectivity index (χ3n) is 3.60. The first-order valence-electron chi connectivity index (χ1n) is 6.44. The van der Waals surface area contributed by atoms with Gasteiger partial charge >= 0.3 is 0 Å². The van der Waals surface area contributed by atoms with E-state index >= 15 is 0 Å². The van der Waals surface area contributed by atoms with Gasteiger partial charge in [0.05, 0.1) is 6.10 Å². The van der Waals surface area contributed by atoms with Gasteiger partial charge in [-0.2, -0.15) is 0 Å². The van der Waals surface area contributed by atoms with Crippen LogP contribution in [0.1, 0.15) is 31.4 Å². The molecule has 1 heterocycles. The maximum absolute atomic E-state index is 13.3. The molecule has 0 spiro atoms. The molecule has 1 saturated heterocycles. The number of halogens is 1. The summed E-state index contributed by atoms with van der Waals surface area (Å²) in [5.74, 6) is -0.224. The van der Waals surface area contributed by atoms with Crippen LogP contribution in [0, 0.1) is 5.82 Å².